The topological polar surface area (TPSA) is 80.1 Å². The third-order valence-electron chi connectivity index (χ3n) is 8.84. The van der Waals surface area contributed by atoms with Crippen LogP contribution in [0.2, 0.25) is 0 Å². The van der Waals surface area contributed by atoms with Gasteiger partial charge >= 0.3 is 12.2 Å². The Hall–Kier alpha value is -4.34. The van der Waals surface area contributed by atoms with Gasteiger partial charge in [-0.05, 0) is 99.9 Å². The minimum atomic E-state index is -4.60. The first-order valence-electron chi connectivity index (χ1n) is 16.4. The van der Waals surface area contributed by atoms with E-state index >= 15 is 0 Å². The van der Waals surface area contributed by atoms with Crippen molar-refractivity contribution < 1.29 is 27.5 Å². The van der Waals surface area contributed by atoms with Crippen molar-refractivity contribution in [1.29, 1.82) is 5.26 Å². The summed E-state index contributed by atoms with van der Waals surface area (Å²) in [5, 5.41) is 9.37. The van der Waals surface area contributed by atoms with Crippen molar-refractivity contribution in [3.63, 3.8) is 0 Å². The van der Waals surface area contributed by atoms with Crippen LogP contribution < -0.4 is 9.64 Å². The van der Waals surface area contributed by atoms with Gasteiger partial charge in [-0.25, -0.2) is 4.79 Å². The van der Waals surface area contributed by atoms with E-state index in [-0.39, 0.29) is 18.1 Å². The van der Waals surface area contributed by atoms with E-state index in [2.05, 4.69) is 33.9 Å². The van der Waals surface area contributed by atoms with Crippen molar-refractivity contribution in [3.05, 3.63) is 105 Å². The molecule has 12 heteroatoms. The van der Waals surface area contributed by atoms with Crippen molar-refractivity contribution >= 4 is 33.6 Å². The molecule has 3 aromatic carbocycles. The Bertz CT molecular complexity index is 1710. The summed E-state index contributed by atoms with van der Waals surface area (Å²) in [6, 6.07) is 20.0. The van der Waals surface area contributed by atoms with Gasteiger partial charge < -0.3 is 19.4 Å². The summed E-state index contributed by atoms with van der Waals surface area (Å²) in [6.45, 7) is 4.91. The van der Waals surface area contributed by atoms with Gasteiger partial charge in [-0.2, -0.15) is 18.4 Å². The van der Waals surface area contributed by atoms with E-state index in [0.717, 1.165) is 54.7 Å². The first-order valence-corrected chi connectivity index (χ1v) is 17.2. The molecule has 0 spiro atoms. The standard InChI is InChI=1S/C37H39BrF3N5O3/c1-3-44-25-32-33(35(44)47)34(27-13-11-26(24-42)12-14-27)45(36(48)46(32)30-10-7-9-28(23-30)37(39,40)41)21-6-4-5-19-43(2)20-8-22-49-31-17-15-29(38)16-18-31/h7,9-18,23,34H,3-6,8,19-22,25H2,1-2H3. The van der Waals surface area contributed by atoms with Crippen LogP contribution in [0, 0.1) is 11.3 Å². The SMILES string of the molecule is CCN1CC2=C(C1=O)C(c1ccc(C#N)cc1)N(CCCCCN(C)CCCOc1ccc(Br)cc1)C(=O)N2c1cccc(C(F)(F)F)c1. The molecule has 49 heavy (non-hydrogen) atoms. The molecule has 0 radical (unpaired) electrons. The lowest BCUT2D eigenvalue weighted by Crippen LogP contribution is -2.50. The highest BCUT2D eigenvalue weighted by molar-refractivity contribution is 9.10. The molecule has 2 aliphatic heterocycles. The molecule has 3 amide bonds. The number of nitriles is 1. The van der Waals surface area contributed by atoms with Gasteiger partial charge in [-0.15, -0.1) is 0 Å². The van der Waals surface area contributed by atoms with Gasteiger partial charge in [0.05, 0.1) is 53.3 Å². The van der Waals surface area contributed by atoms with Crippen molar-refractivity contribution in [1.82, 2.24) is 14.7 Å². The van der Waals surface area contributed by atoms with E-state index in [4.69, 9.17) is 4.74 Å². The zero-order valence-electron chi connectivity index (χ0n) is 27.5. The number of ether oxygens (including phenoxy) is 1. The summed E-state index contributed by atoms with van der Waals surface area (Å²) >= 11 is 3.42. The van der Waals surface area contributed by atoms with Crippen LogP contribution in [0.5, 0.6) is 5.75 Å². The number of rotatable bonds is 14. The molecule has 0 saturated carbocycles. The molecule has 1 unspecified atom stereocenters. The summed E-state index contributed by atoms with van der Waals surface area (Å²) in [6.07, 6.45) is -1.43. The van der Waals surface area contributed by atoms with Crippen molar-refractivity contribution in [2.24, 2.45) is 0 Å². The molecular weight excluding hydrogens is 699 g/mol. The second kappa shape index (κ2) is 15.9. The number of unbranched alkanes of at least 4 members (excludes halogenated alkanes) is 2. The fraction of sp³-hybridized carbons (Fsp3) is 0.378. The number of amides is 3. The lowest BCUT2D eigenvalue weighted by molar-refractivity contribution is -0.137. The molecular formula is C37H39BrF3N5O3. The van der Waals surface area contributed by atoms with Crippen molar-refractivity contribution in [3.8, 4) is 11.8 Å². The summed E-state index contributed by atoms with van der Waals surface area (Å²) in [5.74, 6) is 0.570. The fourth-order valence-electron chi connectivity index (χ4n) is 6.27. The molecule has 0 saturated heterocycles. The number of hydrogen-bond donors (Lipinski definition) is 0. The Morgan fingerprint density at radius 2 is 1.69 bits per heavy atom. The quantitative estimate of drug-likeness (QED) is 0.157. The number of halogens is 4. The molecule has 3 aromatic rings. The van der Waals surface area contributed by atoms with E-state index in [9.17, 15) is 28.0 Å². The van der Waals surface area contributed by atoms with E-state index in [1.165, 1.54) is 17.0 Å². The van der Waals surface area contributed by atoms with Crippen LogP contribution in [-0.2, 0) is 11.0 Å². The molecule has 2 heterocycles. The number of likely N-dealkylation sites (N-methyl/N-ethyl adjacent to an activating group) is 1. The Kier molecular flexibility index (Phi) is 11.7. The average Bonchev–Trinajstić information content (AvgIpc) is 3.42. The molecule has 0 bridgehead atoms. The Morgan fingerprint density at radius 1 is 0.980 bits per heavy atom. The predicted molar refractivity (Wildman–Crippen MR) is 185 cm³/mol. The van der Waals surface area contributed by atoms with Gasteiger partial charge in [-0.3, -0.25) is 9.69 Å². The zero-order chi connectivity index (χ0) is 35.1. The van der Waals surface area contributed by atoms with E-state index in [1.807, 2.05) is 31.2 Å². The maximum Gasteiger partial charge on any atom is 0.416 e. The minimum Gasteiger partial charge on any atom is -0.494 e. The second-order valence-electron chi connectivity index (χ2n) is 12.2. The third kappa shape index (κ3) is 8.46. The molecule has 1 atom stereocenters. The van der Waals surface area contributed by atoms with Gasteiger partial charge in [0.2, 0.25) is 0 Å². The first-order chi connectivity index (χ1) is 23.5. The lowest BCUT2D eigenvalue weighted by atomic mass is 9.92. The highest BCUT2D eigenvalue weighted by Crippen LogP contribution is 2.44. The van der Waals surface area contributed by atoms with Gasteiger partial charge in [0.15, 0.2) is 0 Å². The molecule has 8 nitrogen and oxygen atoms in total. The van der Waals surface area contributed by atoms with Crippen LogP contribution >= 0.6 is 15.9 Å². The summed E-state index contributed by atoms with van der Waals surface area (Å²) < 4.78 is 48.0. The smallest absolute Gasteiger partial charge is 0.416 e. The Labute approximate surface area is 293 Å². The number of hydrogen-bond acceptors (Lipinski definition) is 5. The van der Waals surface area contributed by atoms with E-state index in [0.29, 0.717) is 48.5 Å². The lowest BCUT2D eigenvalue weighted by Gasteiger charge is -2.42. The van der Waals surface area contributed by atoms with Gasteiger partial charge in [0, 0.05) is 24.1 Å². The molecule has 0 N–H and O–H groups in total. The average molecular weight is 739 g/mol. The van der Waals surface area contributed by atoms with Gasteiger partial charge in [-0.1, -0.05) is 40.5 Å². The second-order valence-corrected chi connectivity index (χ2v) is 13.1. The number of carbonyl (C=O) groups excluding carboxylic acids is 2. The number of anilines is 1. The number of carbonyl (C=O) groups is 2. The molecule has 0 aromatic heterocycles. The minimum absolute atomic E-state index is 0.0621. The molecule has 0 aliphatic carbocycles. The molecule has 2 aliphatic rings. The van der Waals surface area contributed by atoms with Crippen LogP contribution in [0.25, 0.3) is 0 Å². The van der Waals surface area contributed by atoms with Gasteiger partial charge in [0.1, 0.15) is 5.75 Å². The third-order valence-corrected chi connectivity index (χ3v) is 9.36. The fourth-order valence-corrected chi connectivity index (χ4v) is 6.53. The van der Waals surface area contributed by atoms with Crippen LogP contribution in [-0.4, -0.2) is 73.0 Å². The predicted octanol–water partition coefficient (Wildman–Crippen LogP) is 8.01. The van der Waals surface area contributed by atoms with Crippen LogP contribution in [0.1, 0.15) is 55.3 Å². The van der Waals surface area contributed by atoms with Crippen molar-refractivity contribution in [2.45, 2.75) is 44.8 Å². The Morgan fingerprint density at radius 3 is 2.37 bits per heavy atom. The van der Waals surface area contributed by atoms with Gasteiger partial charge in [0.25, 0.3) is 5.91 Å². The zero-order valence-corrected chi connectivity index (χ0v) is 29.1. The number of alkyl halides is 3. The largest absolute Gasteiger partial charge is 0.494 e. The van der Waals surface area contributed by atoms with Crippen LogP contribution in [0.15, 0.2) is 88.5 Å². The highest BCUT2D eigenvalue weighted by Gasteiger charge is 2.48. The molecule has 5 rings (SSSR count). The van der Waals surface area contributed by atoms with Crippen LogP contribution in [0.4, 0.5) is 23.7 Å². The summed E-state index contributed by atoms with van der Waals surface area (Å²) in [7, 11) is 2.06. The number of urea groups is 1. The number of benzene rings is 3. The van der Waals surface area contributed by atoms with E-state index in [1.54, 1.807) is 34.1 Å². The van der Waals surface area contributed by atoms with Crippen molar-refractivity contribution in [2.75, 3.05) is 51.3 Å². The maximum atomic E-state index is 14.4. The van der Waals surface area contributed by atoms with E-state index < -0.39 is 23.8 Å². The summed E-state index contributed by atoms with van der Waals surface area (Å²) in [5.41, 5.74) is 1.05. The number of nitrogens with zero attached hydrogens (tertiary/aromatic N) is 5. The first kappa shape index (κ1) is 36.0. The maximum absolute atomic E-state index is 14.4. The molecule has 0 fully saturated rings. The van der Waals surface area contributed by atoms with Crippen LogP contribution in [0.3, 0.4) is 0 Å². The normalized spacial score (nSPS) is 16.4. The monoisotopic (exact) mass is 737 g/mol. The Balaban J connectivity index is 1.31. The molecule has 258 valence electrons. The summed E-state index contributed by atoms with van der Waals surface area (Å²) in [4.78, 5) is 35.0. The highest BCUT2D eigenvalue weighted by atomic mass is 79.9.